The fourth-order valence-electron chi connectivity index (χ4n) is 7.34. The third-order valence-corrected chi connectivity index (χ3v) is 9.56. The summed E-state index contributed by atoms with van der Waals surface area (Å²) in [5.41, 5.74) is -0.658. The van der Waals surface area contributed by atoms with Crippen LogP contribution in [0, 0.1) is 5.92 Å². The van der Waals surface area contributed by atoms with E-state index in [9.17, 15) is 26.7 Å². The van der Waals surface area contributed by atoms with Gasteiger partial charge in [-0.2, -0.15) is 13.2 Å². The lowest BCUT2D eigenvalue weighted by Gasteiger charge is -2.48. The molecule has 1 aliphatic carbocycles. The van der Waals surface area contributed by atoms with Crippen molar-refractivity contribution in [1.29, 1.82) is 0 Å². The van der Waals surface area contributed by atoms with Crippen LogP contribution in [0.5, 0.6) is 0 Å². The van der Waals surface area contributed by atoms with Gasteiger partial charge in [-0.3, -0.25) is 9.69 Å². The van der Waals surface area contributed by atoms with Gasteiger partial charge in [0.15, 0.2) is 0 Å². The molecule has 1 unspecified atom stereocenters. The molecule has 1 aromatic heterocycles. The Bertz CT molecular complexity index is 1560. The standard InChI is InChI=1S/C32H37F5N6O/c1-20(2)27-16-40(3)9-10-42(27)14-21-11-22-23(25(12-21)32(35,36)37)15-43(29(22)44)26-8-6-5-7-24(26)30(17-31(33,34)18-30)13-28-39-38-19-41(28)4/h5-8,11-12,19-20,27H,9-10,13-18H2,1-4H3. The number of piperazine rings is 1. The maximum Gasteiger partial charge on any atom is 0.416 e. The van der Waals surface area contributed by atoms with E-state index in [0.29, 0.717) is 41.6 Å². The van der Waals surface area contributed by atoms with Gasteiger partial charge in [-0.05, 0) is 47.9 Å². The summed E-state index contributed by atoms with van der Waals surface area (Å²) < 4.78 is 74.3. The third-order valence-electron chi connectivity index (χ3n) is 9.56. The molecule has 2 aromatic carbocycles. The van der Waals surface area contributed by atoms with Crippen LogP contribution in [0.3, 0.4) is 0 Å². The monoisotopic (exact) mass is 616 g/mol. The van der Waals surface area contributed by atoms with Crippen LogP contribution in [0.1, 0.15) is 65.1 Å². The van der Waals surface area contributed by atoms with E-state index in [4.69, 9.17) is 0 Å². The van der Waals surface area contributed by atoms with Crippen molar-refractivity contribution in [1.82, 2.24) is 24.6 Å². The van der Waals surface area contributed by atoms with Crippen molar-refractivity contribution in [3.8, 4) is 0 Å². The lowest BCUT2D eigenvalue weighted by Crippen LogP contribution is -2.53. The number of carbonyl (C=O) groups is 1. The maximum atomic E-state index is 14.5. The van der Waals surface area contributed by atoms with Crippen LogP contribution in [0.25, 0.3) is 0 Å². The zero-order valence-corrected chi connectivity index (χ0v) is 25.3. The van der Waals surface area contributed by atoms with E-state index in [0.717, 1.165) is 13.1 Å². The zero-order valence-electron chi connectivity index (χ0n) is 25.3. The van der Waals surface area contributed by atoms with Gasteiger partial charge in [0.2, 0.25) is 5.92 Å². The molecule has 44 heavy (non-hydrogen) atoms. The van der Waals surface area contributed by atoms with Crippen LogP contribution < -0.4 is 4.90 Å². The highest BCUT2D eigenvalue weighted by molar-refractivity contribution is 6.11. The number of carbonyl (C=O) groups excluding carboxylic acids is 1. The molecule has 3 aliphatic rings. The lowest BCUT2D eigenvalue weighted by atomic mass is 9.59. The van der Waals surface area contributed by atoms with E-state index in [-0.39, 0.29) is 30.1 Å². The van der Waals surface area contributed by atoms with Crippen molar-refractivity contribution >= 4 is 11.6 Å². The van der Waals surface area contributed by atoms with Crippen LogP contribution in [0.4, 0.5) is 27.6 Å². The number of likely N-dealkylation sites (N-methyl/N-ethyl adjacent to an activating group) is 1. The van der Waals surface area contributed by atoms with E-state index in [2.05, 4.69) is 33.8 Å². The molecule has 236 valence electrons. The Balaban J connectivity index is 1.37. The molecule has 3 aromatic rings. The van der Waals surface area contributed by atoms with Gasteiger partial charge >= 0.3 is 6.18 Å². The van der Waals surface area contributed by atoms with Gasteiger partial charge in [0.1, 0.15) is 12.2 Å². The topological polar surface area (TPSA) is 57.5 Å². The Morgan fingerprint density at radius 2 is 1.80 bits per heavy atom. The first-order valence-electron chi connectivity index (χ1n) is 15.0. The average molecular weight is 617 g/mol. The van der Waals surface area contributed by atoms with Gasteiger partial charge in [0.25, 0.3) is 5.91 Å². The van der Waals surface area contributed by atoms with E-state index in [1.54, 1.807) is 41.9 Å². The van der Waals surface area contributed by atoms with Crippen molar-refractivity contribution in [3.05, 3.63) is 76.4 Å². The average Bonchev–Trinajstić information content (AvgIpc) is 3.49. The number of halogens is 5. The molecule has 1 amide bonds. The van der Waals surface area contributed by atoms with Crippen LogP contribution in [0.15, 0.2) is 42.7 Å². The molecular formula is C32H37F5N6O. The molecule has 2 fully saturated rings. The molecule has 0 spiro atoms. The number of hydrogen-bond donors (Lipinski definition) is 0. The van der Waals surface area contributed by atoms with Crippen molar-refractivity contribution in [2.45, 2.75) is 69.8 Å². The van der Waals surface area contributed by atoms with E-state index in [1.165, 1.54) is 17.3 Å². The summed E-state index contributed by atoms with van der Waals surface area (Å²) in [6, 6.07) is 9.67. The second kappa shape index (κ2) is 10.9. The number of hydrogen-bond acceptors (Lipinski definition) is 5. The number of alkyl halides is 5. The molecule has 3 heterocycles. The molecule has 0 N–H and O–H groups in total. The van der Waals surface area contributed by atoms with Crippen molar-refractivity contribution in [2.24, 2.45) is 13.0 Å². The first-order valence-corrected chi connectivity index (χ1v) is 15.0. The molecular weight excluding hydrogens is 579 g/mol. The number of para-hydroxylation sites is 1. The number of amides is 1. The number of benzene rings is 2. The number of nitrogens with zero attached hydrogens (tertiary/aromatic N) is 6. The Morgan fingerprint density at radius 1 is 1.07 bits per heavy atom. The predicted molar refractivity (Wildman–Crippen MR) is 155 cm³/mol. The minimum Gasteiger partial charge on any atom is -0.321 e. The van der Waals surface area contributed by atoms with Crippen molar-refractivity contribution in [3.63, 3.8) is 0 Å². The van der Waals surface area contributed by atoms with E-state index in [1.807, 2.05) is 7.05 Å². The van der Waals surface area contributed by atoms with Crippen molar-refractivity contribution in [2.75, 3.05) is 31.6 Å². The summed E-state index contributed by atoms with van der Waals surface area (Å²) >= 11 is 0. The number of rotatable bonds is 7. The molecule has 7 nitrogen and oxygen atoms in total. The number of anilines is 1. The fourth-order valence-corrected chi connectivity index (χ4v) is 7.34. The molecule has 1 atom stereocenters. The lowest BCUT2D eigenvalue weighted by molar-refractivity contribution is -0.138. The minimum absolute atomic E-state index is 0.0149. The summed E-state index contributed by atoms with van der Waals surface area (Å²) in [4.78, 5) is 19.7. The largest absolute Gasteiger partial charge is 0.416 e. The molecule has 6 rings (SSSR count). The van der Waals surface area contributed by atoms with Crippen LogP contribution >= 0.6 is 0 Å². The highest BCUT2D eigenvalue weighted by Gasteiger charge is 2.59. The molecule has 12 heteroatoms. The third kappa shape index (κ3) is 5.51. The van der Waals surface area contributed by atoms with Crippen molar-refractivity contribution < 1.29 is 26.7 Å². The van der Waals surface area contributed by atoms with Gasteiger partial charge in [0.05, 0.1) is 12.1 Å². The van der Waals surface area contributed by atoms with Gasteiger partial charge in [-0.25, -0.2) is 8.78 Å². The summed E-state index contributed by atoms with van der Waals surface area (Å²) in [5.74, 6) is -2.65. The summed E-state index contributed by atoms with van der Waals surface area (Å²) in [6.45, 7) is 6.55. The Morgan fingerprint density at radius 3 is 2.43 bits per heavy atom. The molecule has 2 aliphatic heterocycles. The number of aryl methyl sites for hydroxylation is 1. The number of aromatic nitrogens is 3. The number of fused-ring (bicyclic) bond motifs is 1. The second-order valence-electron chi connectivity index (χ2n) is 13.1. The second-order valence-corrected chi connectivity index (χ2v) is 13.1. The first kappa shape index (κ1) is 30.6. The van der Waals surface area contributed by atoms with E-state index < -0.39 is 41.8 Å². The smallest absolute Gasteiger partial charge is 0.321 e. The van der Waals surface area contributed by atoms with Gasteiger partial charge in [0, 0.05) is 75.2 Å². The summed E-state index contributed by atoms with van der Waals surface area (Å²) in [6.07, 6.45) is -3.94. The maximum absolute atomic E-state index is 14.5. The normalized spacial score (nSPS) is 22.0. The highest BCUT2D eigenvalue weighted by atomic mass is 19.4. The van der Waals surface area contributed by atoms with Crippen LogP contribution in [-0.4, -0.2) is 69.1 Å². The quantitative estimate of drug-likeness (QED) is 0.320. The predicted octanol–water partition coefficient (Wildman–Crippen LogP) is 5.68. The highest BCUT2D eigenvalue weighted by Crippen LogP contribution is 2.57. The molecule has 0 radical (unpaired) electrons. The van der Waals surface area contributed by atoms with Gasteiger partial charge in [-0.15, -0.1) is 10.2 Å². The Labute approximate surface area is 253 Å². The molecule has 1 saturated carbocycles. The molecule has 1 saturated heterocycles. The van der Waals surface area contributed by atoms with Crippen LogP contribution in [-0.2, 0) is 38.1 Å². The summed E-state index contributed by atoms with van der Waals surface area (Å²) in [7, 11) is 3.77. The SMILES string of the molecule is CC(C)C1CN(C)CCN1Cc1cc2c(c(C(F)(F)F)c1)CN(c1ccccc1C1(Cc3nncn3C)CC(F)(F)C1)C2=O. The Kier molecular flexibility index (Phi) is 7.59. The summed E-state index contributed by atoms with van der Waals surface area (Å²) in [5, 5.41) is 7.99. The zero-order chi connectivity index (χ0) is 31.6. The van der Waals surface area contributed by atoms with Gasteiger partial charge in [-0.1, -0.05) is 32.0 Å². The van der Waals surface area contributed by atoms with Crippen LogP contribution in [0.2, 0.25) is 0 Å². The Hall–Kier alpha value is -3.38. The van der Waals surface area contributed by atoms with E-state index >= 15 is 0 Å². The molecule has 0 bridgehead atoms. The first-order chi connectivity index (χ1) is 20.7. The minimum atomic E-state index is -4.67. The van der Waals surface area contributed by atoms with Gasteiger partial charge < -0.3 is 14.4 Å². The fraction of sp³-hybridized carbons (Fsp3) is 0.531.